The number of carbonyl (C=O) groups is 1. The zero-order valence-electron chi connectivity index (χ0n) is 13.7. The molecule has 0 radical (unpaired) electrons. The summed E-state index contributed by atoms with van der Waals surface area (Å²) in [6, 6.07) is 0.604. The molecule has 2 unspecified atom stereocenters. The van der Waals surface area contributed by atoms with Gasteiger partial charge in [0, 0.05) is 29.7 Å². The molecule has 4 nitrogen and oxygen atoms in total. The lowest BCUT2D eigenvalue weighted by Gasteiger charge is -2.38. The SMILES string of the molecule is C=C(Br)CNC(C)CC1CCCCN1C(=O)OC(C)(C)C. The molecule has 21 heavy (non-hydrogen) atoms. The van der Waals surface area contributed by atoms with Crippen LogP contribution in [0.4, 0.5) is 4.79 Å². The first-order valence-corrected chi connectivity index (χ1v) is 8.54. The second kappa shape index (κ2) is 8.18. The van der Waals surface area contributed by atoms with Crippen LogP contribution in [0.3, 0.4) is 0 Å². The summed E-state index contributed by atoms with van der Waals surface area (Å²) in [5, 5.41) is 3.41. The Morgan fingerprint density at radius 1 is 1.48 bits per heavy atom. The zero-order valence-corrected chi connectivity index (χ0v) is 15.3. The van der Waals surface area contributed by atoms with E-state index in [0.29, 0.717) is 6.04 Å². The van der Waals surface area contributed by atoms with Crippen LogP contribution in [-0.4, -0.2) is 41.8 Å². The van der Waals surface area contributed by atoms with Gasteiger partial charge in [-0.05, 0) is 53.4 Å². The second-order valence-corrected chi connectivity index (χ2v) is 7.98. The predicted molar refractivity (Wildman–Crippen MR) is 90.7 cm³/mol. The fourth-order valence-electron chi connectivity index (χ4n) is 2.58. The summed E-state index contributed by atoms with van der Waals surface area (Å²) in [6.45, 7) is 13.3. The summed E-state index contributed by atoms with van der Waals surface area (Å²) in [7, 11) is 0. The van der Waals surface area contributed by atoms with Crippen molar-refractivity contribution in [3.05, 3.63) is 11.1 Å². The second-order valence-electron chi connectivity index (χ2n) is 6.86. The molecule has 1 N–H and O–H groups in total. The van der Waals surface area contributed by atoms with Crippen molar-refractivity contribution < 1.29 is 9.53 Å². The Kier molecular flexibility index (Phi) is 7.21. The van der Waals surface area contributed by atoms with E-state index < -0.39 is 5.60 Å². The third-order valence-corrected chi connectivity index (χ3v) is 3.80. The molecule has 0 bridgehead atoms. The smallest absolute Gasteiger partial charge is 0.410 e. The van der Waals surface area contributed by atoms with Crippen molar-refractivity contribution in [3.63, 3.8) is 0 Å². The fourth-order valence-corrected chi connectivity index (χ4v) is 2.74. The highest BCUT2D eigenvalue weighted by atomic mass is 79.9. The molecule has 0 aromatic carbocycles. The minimum Gasteiger partial charge on any atom is -0.444 e. The molecule has 0 aliphatic carbocycles. The summed E-state index contributed by atoms with van der Waals surface area (Å²) in [4.78, 5) is 14.2. The molecule has 1 aliphatic heterocycles. The van der Waals surface area contributed by atoms with Crippen LogP contribution in [0, 0.1) is 0 Å². The van der Waals surface area contributed by atoms with Crippen LogP contribution < -0.4 is 5.32 Å². The standard InChI is InChI=1S/C16H29BrN2O2/c1-12(17)11-18-13(2)10-14-8-6-7-9-19(14)15(20)21-16(3,4)5/h13-14,18H,1,6-11H2,2-5H3. The molecule has 122 valence electrons. The van der Waals surface area contributed by atoms with Gasteiger partial charge in [0.2, 0.25) is 0 Å². The highest BCUT2D eigenvalue weighted by Gasteiger charge is 2.31. The van der Waals surface area contributed by atoms with Gasteiger partial charge in [-0.2, -0.15) is 0 Å². The molecule has 1 heterocycles. The number of nitrogens with zero attached hydrogens (tertiary/aromatic N) is 1. The number of amides is 1. The topological polar surface area (TPSA) is 41.6 Å². The minimum absolute atomic E-state index is 0.177. The highest BCUT2D eigenvalue weighted by Crippen LogP contribution is 2.23. The van der Waals surface area contributed by atoms with Gasteiger partial charge in [0.1, 0.15) is 5.60 Å². The van der Waals surface area contributed by atoms with Crippen LogP contribution in [0.25, 0.3) is 0 Å². The molecule has 0 aromatic rings. The Morgan fingerprint density at radius 2 is 2.14 bits per heavy atom. The molecule has 1 saturated heterocycles. The van der Waals surface area contributed by atoms with Crippen molar-refractivity contribution in [2.45, 2.75) is 71.1 Å². The van der Waals surface area contributed by atoms with Crippen molar-refractivity contribution in [1.82, 2.24) is 10.2 Å². The minimum atomic E-state index is -0.434. The van der Waals surface area contributed by atoms with Crippen molar-refractivity contribution in [3.8, 4) is 0 Å². The number of hydrogen-bond acceptors (Lipinski definition) is 3. The Hall–Kier alpha value is -0.550. The first-order valence-electron chi connectivity index (χ1n) is 7.75. The van der Waals surface area contributed by atoms with E-state index in [4.69, 9.17) is 4.74 Å². The van der Waals surface area contributed by atoms with E-state index in [-0.39, 0.29) is 12.1 Å². The van der Waals surface area contributed by atoms with E-state index in [1.807, 2.05) is 25.7 Å². The summed E-state index contributed by atoms with van der Waals surface area (Å²) < 4.78 is 6.48. The highest BCUT2D eigenvalue weighted by molar-refractivity contribution is 9.11. The lowest BCUT2D eigenvalue weighted by molar-refractivity contribution is 0.00795. The summed E-state index contributed by atoms with van der Waals surface area (Å²) in [5.41, 5.74) is -0.434. The van der Waals surface area contributed by atoms with Gasteiger partial charge in [-0.1, -0.05) is 22.5 Å². The first-order chi connectivity index (χ1) is 9.69. The monoisotopic (exact) mass is 360 g/mol. The van der Waals surface area contributed by atoms with Crippen molar-refractivity contribution in [2.24, 2.45) is 0 Å². The van der Waals surface area contributed by atoms with Crippen LogP contribution in [0.5, 0.6) is 0 Å². The summed E-state index contributed by atoms with van der Waals surface area (Å²) >= 11 is 3.35. The van der Waals surface area contributed by atoms with E-state index in [1.165, 1.54) is 6.42 Å². The third-order valence-electron chi connectivity index (χ3n) is 3.52. The van der Waals surface area contributed by atoms with Crippen molar-refractivity contribution in [2.75, 3.05) is 13.1 Å². The summed E-state index contributed by atoms with van der Waals surface area (Å²) in [5.74, 6) is 0. The van der Waals surface area contributed by atoms with Crippen molar-refractivity contribution in [1.29, 1.82) is 0 Å². The largest absolute Gasteiger partial charge is 0.444 e. The molecule has 2 atom stereocenters. The lowest BCUT2D eigenvalue weighted by atomic mass is 9.97. The number of ether oxygens (including phenoxy) is 1. The number of piperidine rings is 1. The molecule has 5 heteroatoms. The van der Waals surface area contributed by atoms with Crippen LogP contribution >= 0.6 is 15.9 Å². The Morgan fingerprint density at radius 3 is 2.71 bits per heavy atom. The molecular weight excluding hydrogens is 332 g/mol. The number of carbonyl (C=O) groups excluding carboxylic acids is 1. The van der Waals surface area contributed by atoms with Gasteiger partial charge in [-0.15, -0.1) is 0 Å². The zero-order chi connectivity index (χ0) is 16.0. The average Bonchev–Trinajstić information content (AvgIpc) is 2.35. The molecule has 0 spiro atoms. The van der Waals surface area contributed by atoms with Crippen LogP contribution in [0.15, 0.2) is 11.1 Å². The maximum Gasteiger partial charge on any atom is 0.410 e. The van der Waals surface area contributed by atoms with Gasteiger partial charge >= 0.3 is 6.09 Å². The van der Waals surface area contributed by atoms with Gasteiger partial charge in [0.15, 0.2) is 0 Å². The van der Waals surface area contributed by atoms with E-state index >= 15 is 0 Å². The first kappa shape index (κ1) is 18.5. The number of nitrogens with one attached hydrogen (secondary N) is 1. The quantitative estimate of drug-likeness (QED) is 0.803. The normalized spacial score (nSPS) is 21.0. The Balaban J connectivity index is 2.56. The average molecular weight is 361 g/mol. The van der Waals surface area contributed by atoms with Gasteiger partial charge in [-0.3, -0.25) is 0 Å². The maximum atomic E-state index is 12.3. The van der Waals surface area contributed by atoms with E-state index in [0.717, 1.165) is 36.8 Å². The van der Waals surface area contributed by atoms with Crippen LogP contribution in [0.2, 0.25) is 0 Å². The number of rotatable bonds is 5. The van der Waals surface area contributed by atoms with Gasteiger partial charge < -0.3 is 15.0 Å². The molecule has 1 fully saturated rings. The van der Waals surface area contributed by atoms with Crippen LogP contribution in [0.1, 0.15) is 53.4 Å². The van der Waals surface area contributed by atoms with Gasteiger partial charge in [-0.25, -0.2) is 4.79 Å². The predicted octanol–water partition coefficient (Wildman–Crippen LogP) is 4.05. The Bertz CT molecular complexity index is 366. The maximum absolute atomic E-state index is 12.3. The van der Waals surface area contributed by atoms with Crippen molar-refractivity contribution >= 4 is 22.0 Å². The molecule has 0 aromatic heterocycles. The van der Waals surface area contributed by atoms with Crippen LogP contribution in [-0.2, 0) is 4.74 Å². The lowest BCUT2D eigenvalue weighted by Crippen LogP contribution is -2.48. The molecule has 1 rings (SSSR count). The fraction of sp³-hybridized carbons (Fsp3) is 0.812. The van der Waals surface area contributed by atoms with Gasteiger partial charge in [0.25, 0.3) is 0 Å². The molecule has 1 aliphatic rings. The third kappa shape index (κ3) is 7.32. The van der Waals surface area contributed by atoms with E-state index in [1.54, 1.807) is 0 Å². The van der Waals surface area contributed by atoms with E-state index in [9.17, 15) is 4.79 Å². The number of hydrogen-bond donors (Lipinski definition) is 1. The van der Waals surface area contributed by atoms with E-state index in [2.05, 4.69) is 34.7 Å². The molecule has 1 amide bonds. The van der Waals surface area contributed by atoms with Gasteiger partial charge in [0.05, 0.1) is 0 Å². The number of halogens is 1. The molecule has 0 saturated carbocycles. The Labute approximate surface area is 137 Å². The summed E-state index contributed by atoms with van der Waals surface area (Å²) in [6.07, 6.45) is 4.07. The molecular formula is C16H29BrN2O2. The number of likely N-dealkylation sites (tertiary alicyclic amines) is 1.